The lowest BCUT2D eigenvalue weighted by atomic mass is 10.2. The average Bonchev–Trinajstić information content (AvgIpc) is 2.35. The molecule has 0 saturated carbocycles. The van der Waals surface area contributed by atoms with Crippen molar-refractivity contribution >= 4 is 50.9 Å². The van der Waals surface area contributed by atoms with Crippen molar-refractivity contribution in [3.63, 3.8) is 0 Å². The molecule has 0 spiro atoms. The number of nitrogens with zero attached hydrogens (tertiary/aromatic N) is 1. The molecule has 0 aromatic heterocycles. The summed E-state index contributed by atoms with van der Waals surface area (Å²) in [5.74, 6) is 0.915. The molecule has 6 heteroatoms. The molecule has 0 unspecified atom stereocenters. The summed E-state index contributed by atoms with van der Waals surface area (Å²) in [6.45, 7) is 8.30. The maximum atomic E-state index is 5.49. The topological polar surface area (TPSA) is 50.4 Å². The first-order valence-corrected chi connectivity index (χ1v) is 7.55. The van der Waals surface area contributed by atoms with Gasteiger partial charge in [-0.3, -0.25) is 4.99 Å². The number of aliphatic imine (C=N–C) groups is 1. The Morgan fingerprint density at radius 3 is 2.53 bits per heavy atom. The predicted octanol–water partition coefficient (Wildman–Crippen LogP) is 3.94. The predicted molar refractivity (Wildman–Crippen MR) is 101 cm³/mol. The van der Waals surface area contributed by atoms with E-state index in [1.54, 1.807) is 11.8 Å². The Kier molecular flexibility index (Phi) is 26.8. The van der Waals surface area contributed by atoms with E-state index >= 15 is 0 Å². The first-order chi connectivity index (χ1) is 8.35. The monoisotopic (exact) mass is 417 g/mol. The van der Waals surface area contributed by atoms with Crippen LogP contribution in [0.25, 0.3) is 0 Å². The van der Waals surface area contributed by atoms with E-state index in [4.69, 9.17) is 5.73 Å². The van der Waals surface area contributed by atoms with Gasteiger partial charge in [0.05, 0.1) is 0 Å². The van der Waals surface area contributed by atoms with Crippen LogP contribution in [0.1, 0.15) is 39.0 Å². The smallest absolute Gasteiger partial charge is 0.156 e. The standard InChI is InChI=1S/C13H27N3S.2BrH/c1-3-5-6-7-8-11-16-13(15-10-4-2)17-12-9-14;;/h4H,2-3,5-12,14H2,1H3,(H,15,16);2*1H. The molecule has 0 aliphatic heterocycles. The minimum absolute atomic E-state index is 0. The number of halogens is 2. The zero-order valence-electron chi connectivity index (χ0n) is 11.9. The number of unbranched alkanes of at least 4 members (excludes halogenated alkanes) is 4. The summed E-state index contributed by atoms with van der Waals surface area (Å²) >= 11 is 1.70. The molecule has 0 heterocycles. The minimum atomic E-state index is 0. The third kappa shape index (κ3) is 18.5. The quantitative estimate of drug-likeness (QED) is 0.244. The summed E-state index contributed by atoms with van der Waals surface area (Å²) < 4.78 is 0. The minimum Gasteiger partial charge on any atom is -0.361 e. The van der Waals surface area contributed by atoms with Gasteiger partial charge in [0.15, 0.2) is 5.17 Å². The lowest BCUT2D eigenvalue weighted by Crippen LogP contribution is -2.22. The fourth-order valence-electron chi connectivity index (χ4n) is 1.36. The van der Waals surface area contributed by atoms with Gasteiger partial charge in [0, 0.05) is 25.4 Å². The van der Waals surface area contributed by atoms with Gasteiger partial charge in [0.25, 0.3) is 0 Å². The average molecular weight is 419 g/mol. The highest BCUT2D eigenvalue weighted by atomic mass is 79.9. The van der Waals surface area contributed by atoms with Crippen molar-refractivity contribution in [2.75, 3.05) is 25.4 Å². The van der Waals surface area contributed by atoms with Gasteiger partial charge in [0.2, 0.25) is 0 Å². The SMILES string of the molecule is Br.Br.C=CCNC(=NCCCCCCC)SCCN. The number of hydrogen-bond acceptors (Lipinski definition) is 3. The normalized spacial score (nSPS) is 10.3. The molecule has 0 aromatic carbocycles. The number of nitrogens with one attached hydrogen (secondary N) is 1. The van der Waals surface area contributed by atoms with Gasteiger partial charge in [-0.2, -0.15) is 0 Å². The summed E-state index contributed by atoms with van der Waals surface area (Å²) in [6.07, 6.45) is 8.28. The Morgan fingerprint density at radius 1 is 1.26 bits per heavy atom. The third-order valence-electron chi connectivity index (χ3n) is 2.27. The van der Waals surface area contributed by atoms with Crippen LogP contribution in [0.3, 0.4) is 0 Å². The van der Waals surface area contributed by atoms with Crippen molar-refractivity contribution in [1.29, 1.82) is 0 Å². The molecule has 0 radical (unpaired) electrons. The molecule has 116 valence electrons. The van der Waals surface area contributed by atoms with Gasteiger partial charge in [-0.15, -0.1) is 40.5 Å². The molecular weight excluding hydrogens is 390 g/mol. The second kappa shape index (κ2) is 20.8. The van der Waals surface area contributed by atoms with Crippen LogP contribution in [0.5, 0.6) is 0 Å². The molecule has 0 rings (SSSR count). The van der Waals surface area contributed by atoms with Crippen LogP contribution in [0.15, 0.2) is 17.6 Å². The van der Waals surface area contributed by atoms with Crippen LogP contribution >= 0.6 is 45.7 Å². The molecule has 0 aliphatic carbocycles. The lowest BCUT2D eigenvalue weighted by molar-refractivity contribution is 0.638. The van der Waals surface area contributed by atoms with E-state index in [9.17, 15) is 0 Å². The van der Waals surface area contributed by atoms with Crippen LogP contribution in [-0.4, -0.2) is 30.6 Å². The largest absolute Gasteiger partial charge is 0.361 e. The maximum Gasteiger partial charge on any atom is 0.156 e. The van der Waals surface area contributed by atoms with Crippen LogP contribution in [0, 0.1) is 0 Å². The van der Waals surface area contributed by atoms with Gasteiger partial charge in [0.1, 0.15) is 0 Å². The molecule has 0 saturated heterocycles. The fraction of sp³-hybridized carbons (Fsp3) is 0.769. The van der Waals surface area contributed by atoms with Crippen LogP contribution < -0.4 is 11.1 Å². The van der Waals surface area contributed by atoms with E-state index in [1.165, 1.54) is 32.1 Å². The zero-order chi connectivity index (χ0) is 12.8. The number of hydrogen-bond donors (Lipinski definition) is 2. The van der Waals surface area contributed by atoms with Crippen molar-refractivity contribution in [3.05, 3.63) is 12.7 Å². The van der Waals surface area contributed by atoms with E-state index in [2.05, 4.69) is 23.8 Å². The number of thioether (sulfide) groups is 1. The summed E-state index contributed by atoms with van der Waals surface area (Å²) in [7, 11) is 0. The van der Waals surface area contributed by atoms with Crippen molar-refractivity contribution in [2.24, 2.45) is 10.7 Å². The summed E-state index contributed by atoms with van der Waals surface area (Å²) in [5.41, 5.74) is 5.49. The molecule has 3 N–H and O–H groups in total. The van der Waals surface area contributed by atoms with E-state index < -0.39 is 0 Å². The van der Waals surface area contributed by atoms with E-state index in [1.807, 2.05) is 6.08 Å². The molecule has 0 fully saturated rings. The zero-order valence-corrected chi connectivity index (χ0v) is 16.1. The van der Waals surface area contributed by atoms with Gasteiger partial charge in [-0.25, -0.2) is 0 Å². The highest BCUT2D eigenvalue weighted by Crippen LogP contribution is 2.04. The maximum absolute atomic E-state index is 5.49. The first kappa shape index (κ1) is 24.5. The van der Waals surface area contributed by atoms with Gasteiger partial charge < -0.3 is 11.1 Å². The molecule has 0 amide bonds. The Balaban J connectivity index is -0.00000128. The summed E-state index contributed by atoms with van der Waals surface area (Å²) in [5, 5.41) is 4.25. The van der Waals surface area contributed by atoms with Gasteiger partial charge in [-0.1, -0.05) is 50.4 Å². The third-order valence-corrected chi connectivity index (χ3v) is 3.26. The van der Waals surface area contributed by atoms with E-state index in [0.717, 1.165) is 24.0 Å². The highest BCUT2D eigenvalue weighted by molar-refractivity contribution is 8.93. The summed E-state index contributed by atoms with van der Waals surface area (Å²) in [4.78, 5) is 4.56. The Hall–Kier alpha value is 0.480. The van der Waals surface area contributed by atoms with Crippen molar-refractivity contribution < 1.29 is 0 Å². The Bertz CT molecular complexity index is 214. The van der Waals surface area contributed by atoms with Crippen molar-refractivity contribution in [3.8, 4) is 0 Å². The first-order valence-electron chi connectivity index (χ1n) is 6.57. The Labute approximate surface area is 143 Å². The lowest BCUT2D eigenvalue weighted by Gasteiger charge is -2.07. The molecule has 3 nitrogen and oxygen atoms in total. The second-order valence-corrected chi connectivity index (χ2v) is 4.99. The molecule has 19 heavy (non-hydrogen) atoms. The molecule has 0 atom stereocenters. The van der Waals surface area contributed by atoms with Crippen molar-refractivity contribution in [1.82, 2.24) is 5.32 Å². The Morgan fingerprint density at radius 2 is 1.95 bits per heavy atom. The van der Waals surface area contributed by atoms with Crippen LogP contribution in [-0.2, 0) is 0 Å². The highest BCUT2D eigenvalue weighted by Gasteiger charge is 1.97. The molecule has 0 aliphatic rings. The van der Waals surface area contributed by atoms with Crippen LogP contribution in [0.4, 0.5) is 0 Å². The molecular formula is C13H29Br2N3S. The molecule has 0 aromatic rings. The number of nitrogens with two attached hydrogens (primary N) is 1. The molecule has 0 bridgehead atoms. The fourth-order valence-corrected chi connectivity index (χ4v) is 2.04. The number of amidine groups is 1. The van der Waals surface area contributed by atoms with Gasteiger partial charge >= 0.3 is 0 Å². The van der Waals surface area contributed by atoms with Gasteiger partial charge in [-0.05, 0) is 6.42 Å². The van der Waals surface area contributed by atoms with E-state index in [-0.39, 0.29) is 34.0 Å². The number of rotatable bonds is 10. The summed E-state index contributed by atoms with van der Waals surface area (Å²) in [6, 6.07) is 0. The van der Waals surface area contributed by atoms with Crippen LogP contribution in [0.2, 0.25) is 0 Å². The van der Waals surface area contributed by atoms with E-state index in [0.29, 0.717) is 6.54 Å². The van der Waals surface area contributed by atoms with Crippen molar-refractivity contribution in [2.45, 2.75) is 39.0 Å². The second-order valence-electron chi connectivity index (χ2n) is 3.91.